The summed E-state index contributed by atoms with van der Waals surface area (Å²) in [5, 5.41) is 48.0. The molecule has 2 aromatic rings. The van der Waals surface area contributed by atoms with Crippen LogP contribution < -0.4 is 9.80 Å². The third kappa shape index (κ3) is 8.29. The maximum Gasteiger partial charge on any atom is 0.335 e. The number of fused-ring (bicyclic) bond motifs is 2. The van der Waals surface area contributed by atoms with E-state index < -0.39 is 24.2 Å². The number of aromatic carboxylic acids is 1. The average molecular weight is 551 g/mol. The SMILES string of the molecule is O=C(O)CN1CCCCCCCN(CC(=O)O)c2ccc(C(O)O)cc2SSc2cc(C(=O)O)ccc21. The molecular formula is C25H30N2O8S2. The number of aliphatic hydroxyl groups is 2. The van der Waals surface area contributed by atoms with Crippen LogP contribution in [0.4, 0.5) is 11.4 Å². The van der Waals surface area contributed by atoms with Gasteiger partial charge in [0.25, 0.3) is 0 Å². The van der Waals surface area contributed by atoms with E-state index in [0.717, 1.165) is 32.1 Å². The molecule has 0 atom stereocenters. The molecule has 1 aliphatic heterocycles. The molecule has 2 aromatic carbocycles. The van der Waals surface area contributed by atoms with Crippen molar-refractivity contribution in [2.45, 2.75) is 48.2 Å². The molecule has 5 N–H and O–H groups in total. The Labute approximate surface area is 222 Å². The highest BCUT2D eigenvalue weighted by Crippen LogP contribution is 2.46. The molecule has 37 heavy (non-hydrogen) atoms. The van der Waals surface area contributed by atoms with E-state index in [0.29, 0.717) is 34.3 Å². The summed E-state index contributed by atoms with van der Waals surface area (Å²) < 4.78 is 0. The van der Waals surface area contributed by atoms with E-state index in [1.54, 1.807) is 28.0 Å². The van der Waals surface area contributed by atoms with E-state index in [9.17, 15) is 39.9 Å². The van der Waals surface area contributed by atoms with Crippen molar-refractivity contribution in [3.05, 3.63) is 47.5 Å². The molecule has 0 radical (unpaired) electrons. The fourth-order valence-electron chi connectivity index (χ4n) is 4.12. The van der Waals surface area contributed by atoms with Crippen molar-refractivity contribution in [2.75, 3.05) is 36.0 Å². The zero-order chi connectivity index (χ0) is 26.9. The fraction of sp³-hybridized carbons (Fsp3) is 0.400. The van der Waals surface area contributed by atoms with Gasteiger partial charge in [0, 0.05) is 28.4 Å². The number of aliphatic carboxylic acids is 2. The number of hydrogen-bond donors (Lipinski definition) is 5. The minimum Gasteiger partial charge on any atom is -0.480 e. The number of anilines is 2. The highest BCUT2D eigenvalue weighted by molar-refractivity contribution is 8.76. The number of nitrogens with zero attached hydrogens (tertiary/aromatic N) is 2. The lowest BCUT2D eigenvalue weighted by Gasteiger charge is -2.26. The van der Waals surface area contributed by atoms with Crippen molar-refractivity contribution in [3.63, 3.8) is 0 Å². The number of aliphatic hydroxyl groups excluding tert-OH is 1. The van der Waals surface area contributed by atoms with Gasteiger partial charge in [0.1, 0.15) is 13.1 Å². The summed E-state index contributed by atoms with van der Waals surface area (Å²) in [6, 6.07) is 9.30. The van der Waals surface area contributed by atoms with Gasteiger partial charge >= 0.3 is 17.9 Å². The van der Waals surface area contributed by atoms with E-state index in [-0.39, 0.29) is 24.2 Å². The van der Waals surface area contributed by atoms with Gasteiger partial charge in [-0.3, -0.25) is 9.59 Å². The van der Waals surface area contributed by atoms with Crippen LogP contribution in [-0.2, 0) is 9.59 Å². The second-order valence-electron chi connectivity index (χ2n) is 8.65. The standard InChI is InChI=1S/C25H30N2O8S2/c28-22(29)14-26-10-4-2-1-3-5-11-27(15-23(30)31)19-9-7-17(25(34)35)13-21(19)37-36-20-12-16(24(32)33)6-8-18(20)26/h6-9,12-13,24,32-33H,1-5,10-11,14-15H2,(H,28,29)(H,30,31)(H,34,35). The molecule has 0 saturated heterocycles. The van der Waals surface area contributed by atoms with Crippen molar-refractivity contribution in [3.8, 4) is 0 Å². The summed E-state index contributed by atoms with van der Waals surface area (Å²) in [6.45, 7) is 0.510. The monoisotopic (exact) mass is 550 g/mol. The molecule has 0 unspecified atom stereocenters. The quantitative estimate of drug-likeness (QED) is 0.261. The smallest absolute Gasteiger partial charge is 0.335 e. The predicted molar refractivity (Wildman–Crippen MR) is 142 cm³/mol. The summed E-state index contributed by atoms with van der Waals surface area (Å²) in [6.07, 6.45) is 2.43. The molecule has 200 valence electrons. The highest BCUT2D eigenvalue weighted by Gasteiger charge is 2.21. The van der Waals surface area contributed by atoms with Crippen molar-refractivity contribution in [1.29, 1.82) is 0 Å². The third-order valence-electron chi connectivity index (χ3n) is 5.90. The number of carboxylic acids is 3. The number of hydrogen-bond acceptors (Lipinski definition) is 9. The van der Waals surface area contributed by atoms with E-state index in [1.807, 2.05) is 0 Å². The van der Waals surface area contributed by atoms with Crippen LogP contribution in [0.25, 0.3) is 0 Å². The van der Waals surface area contributed by atoms with Crippen molar-refractivity contribution in [1.82, 2.24) is 0 Å². The number of benzene rings is 2. The molecule has 1 heterocycles. The van der Waals surface area contributed by atoms with Gasteiger partial charge < -0.3 is 35.3 Å². The molecule has 1 aliphatic rings. The van der Waals surface area contributed by atoms with Crippen LogP contribution in [0.2, 0.25) is 0 Å². The summed E-state index contributed by atoms with van der Waals surface area (Å²) in [5.41, 5.74) is 1.47. The molecule has 0 spiro atoms. The zero-order valence-corrected chi connectivity index (χ0v) is 21.7. The van der Waals surface area contributed by atoms with Crippen molar-refractivity contribution >= 4 is 50.9 Å². The topological polar surface area (TPSA) is 159 Å². The first-order valence-electron chi connectivity index (χ1n) is 11.8. The lowest BCUT2D eigenvalue weighted by atomic mass is 10.1. The van der Waals surface area contributed by atoms with Gasteiger partial charge in [-0.05, 0) is 43.2 Å². The lowest BCUT2D eigenvalue weighted by Crippen LogP contribution is -2.31. The van der Waals surface area contributed by atoms with Crippen LogP contribution >= 0.6 is 21.6 Å². The van der Waals surface area contributed by atoms with Gasteiger partial charge in [-0.1, -0.05) is 46.9 Å². The van der Waals surface area contributed by atoms with Gasteiger partial charge in [0.15, 0.2) is 6.29 Å². The number of rotatable bonds is 6. The first-order valence-corrected chi connectivity index (χ1v) is 14.0. The third-order valence-corrected chi connectivity index (χ3v) is 8.32. The maximum atomic E-state index is 11.7. The molecule has 0 saturated carbocycles. The number of carboxylic acid groups (broad SMARTS) is 3. The molecule has 0 bridgehead atoms. The summed E-state index contributed by atoms with van der Waals surface area (Å²) >= 11 is 0. The molecule has 12 heteroatoms. The minimum absolute atomic E-state index is 0.0484. The lowest BCUT2D eigenvalue weighted by molar-refractivity contribution is -0.136. The van der Waals surface area contributed by atoms with E-state index in [4.69, 9.17) is 0 Å². The second-order valence-corrected chi connectivity index (χ2v) is 10.9. The number of carbonyl (C=O) groups is 3. The van der Waals surface area contributed by atoms with Crippen molar-refractivity contribution in [2.24, 2.45) is 0 Å². The van der Waals surface area contributed by atoms with Gasteiger partial charge in [-0.25, -0.2) is 4.79 Å². The van der Waals surface area contributed by atoms with Crippen LogP contribution in [-0.4, -0.2) is 69.6 Å². The first kappa shape index (κ1) is 28.6. The molecular weight excluding hydrogens is 520 g/mol. The zero-order valence-electron chi connectivity index (χ0n) is 20.1. The Morgan fingerprint density at radius 2 is 1.22 bits per heavy atom. The Hall–Kier alpha value is -2.93. The summed E-state index contributed by atoms with van der Waals surface area (Å²) in [5.74, 6) is -3.11. The van der Waals surface area contributed by atoms with Crippen LogP contribution in [0, 0.1) is 0 Å². The molecule has 0 aromatic heterocycles. The molecule has 0 aliphatic carbocycles. The van der Waals surface area contributed by atoms with Crippen LogP contribution in [0.5, 0.6) is 0 Å². The predicted octanol–water partition coefficient (Wildman–Crippen LogP) is 3.91. The largest absolute Gasteiger partial charge is 0.480 e. The molecule has 3 rings (SSSR count). The van der Waals surface area contributed by atoms with Crippen LogP contribution in [0.15, 0.2) is 46.2 Å². The van der Waals surface area contributed by atoms with Crippen molar-refractivity contribution < 1.29 is 39.9 Å². The van der Waals surface area contributed by atoms with E-state index >= 15 is 0 Å². The fourth-order valence-corrected chi connectivity index (χ4v) is 6.56. The normalized spacial score (nSPS) is 15.3. The van der Waals surface area contributed by atoms with Crippen LogP contribution in [0.1, 0.15) is 54.3 Å². The van der Waals surface area contributed by atoms with Gasteiger partial charge in [-0.15, -0.1) is 0 Å². The first-order chi connectivity index (χ1) is 17.7. The molecule has 10 nitrogen and oxygen atoms in total. The second kappa shape index (κ2) is 13.6. The van der Waals surface area contributed by atoms with Gasteiger partial charge in [-0.2, -0.15) is 0 Å². The maximum absolute atomic E-state index is 11.7. The summed E-state index contributed by atoms with van der Waals surface area (Å²) in [4.78, 5) is 39.5. The minimum atomic E-state index is -1.72. The Morgan fingerprint density at radius 3 is 1.70 bits per heavy atom. The molecule has 0 amide bonds. The highest BCUT2D eigenvalue weighted by atomic mass is 33.1. The van der Waals surface area contributed by atoms with Crippen LogP contribution in [0.3, 0.4) is 0 Å². The Bertz CT molecular complexity index is 1130. The Balaban J connectivity index is 2.09. The van der Waals surface area contributed by atoms with Gasteiger partial charge in [0.2, 0.25) is 0 Å². The average Bonchev–Trinajstić information content (AvgIpc) is 2.84. The molecule has 0 fully saturated rings. The van der Waals surface area contributed by atoms with E-state index in [1.165, 1.54) is 39.8 Å². The van der Waals surface area contributed by atoms with E-state index in [2.05, 4.69) is 0 Å². The van der Waals surface area contributed by atoms with Gasteiger partial charge in [0.05, 0.1) is 16.9 Å². The Morgan fingerprint density at radius 1 is 0.730 bits per heavy atom. The Kier molecular flexibility index (Phi) is 10.5. The summed E-state index contributed by atoms with van der Waals surface area (Å²) in [7, 11) is 2.42.